The largest absolute Gasteiger partial charge is 0.380 e. The van der Waals surface area contributed by atoms with Gasteiger partial charge < -0.3 is 20.8 Å². The average Bonchev–Trinajstić information content (AvgIpc) is 2.87. The molecule has 2 rings (SSSR count). The first-order valence-electron chi connectivity index (χ1n) is 6.88. The van der Waals surface area contributed by atoms with Gasteiger partial charge in [-0.3, -0.25) is 4.79 Å². The Balaban J connectivity index is 1.90. The first-order valence-corrected chi connectivity index (χ1v) is 6.88. The smallest absolute Gasteiger partial charge is 0.237 e. The van der Waals surface area contributed by atoms with Crippen LogP contribution in [0.5, 0.6) is 0 Å². The van der Waals surface area contributed by atoms with Crippen LogP contribution in [-0.2, 0) is 16.0 Å². The van der Waals surface area contributed by atoms with E-state index < -0.39 is 6.04 Å². The molecule has 0 fully saturated rings. The monoisotopic (exact) mass is 275 g/mol. The van der Waals surface area contributed by atoms with E-state index in [4.69, 9.17) is 10.5 Å². The summed E-state index contributed by atoms with van der Waals surface area (Å²) in [7, 11) is 0. The summed E-state index contributed by atoms with van der Waals surface area (Å²) < 4.78 is 5.17. The van der Waals surface area contributed by atoms with Crippen LogP contribution >= 0.6 is 0 Å². The average molecular weight is 275 g/mol. The minimum absolute atomic E-state index is 0.144. The molecule has 0 spiro atoms. The van der Waals surface area contributed by atoms with Crippen molar-refractivity contribution in [3.05, 3.63) is 36.0 Å². The van der Waals surface area contributed by atoms with Crippen LogP contribution in [-0.4, -0.2) is 36.7 Å². The second-order valence-electron chi connectivity index (χ2n) is 4.66. The van der Waals surface area contributed by atoms with Gasteiger partial charge in [-0.1, -0.05) is 18.2 Å². The number of aromatic nitrogens is 1. The molecule has 5 heteroatoms. The number of fused-ring (bicyclic) bond motifs is 1. The SMILES string of the molecule is CCOCCNC(=O)[C@@H](N)Cc1c[nH]c2ccccc12. The van der Waals surface area contributed by atoms with Gasteiger partial charge in [-0.05, 0) is 25.0 Å². The Morgan fingerprint density at radius 1 is 1.45 bits per heavy atom. The Hall–Kier alpha value is -1.85. The minimum Gasteiger partial charge on any atom is -0.380 e. The molecule has 1 atom stereocenters. The number of ether oxygens (including phenoxy) is 1. The zero-order valence-corrected chi connectivity index (χ0v) is 11.7. The van der Waals surface area contributed by atoms with Crippen molar-refractivity contribution < 1.29 is 9.53 Å². The molecule has 0 aliphatic rings. The highest BCUT2D eigenvalue weighted by Gasteiger charge is 2.15. The maximum Gasteiger partial charge on any atom is 0.237 e. The van der Waals surface area contributed by atoms with E-state index in [2.05, 4.69) is 10.3 Å². The normalized spacial score (nSPS) is 12.5. The number of nitrogens with one attached hydrogen (secondary N) is 2. The Morgan fingerprint density at radius 3 is 3.05 bits per heavy atom. The van der Waals surface area contributed by atoms with Gasteiger partial charge in [0, 0.05) is 30.3 Å². The fourth-order valence-corrected chi connectivity index (χ4v) is 2.15. The van der Waals surface area contributed by atoms with Crippen molar-refractivity contribution in [1.82, 2.24) is 10.3 Å². The van der Waals surface area contributed by atoms with Crippen LogP contribution in [0.3, 0.4) is 0 Å². The number of H-pyrrole nitrogens is 1. The molecule has 1 heterocycles. The lowest BCUT2D eigenvalue weighted by Gasteiger charge is -2.11. The number of amides is 1. The maximum absolute atomic E-state index is 11.9. The highest BCUT2D eigenvalue weighted by Crippen LogP contribution is 2.18. The summed E-state index contributed by atoms with van der Waals surface area (Å²) in [4.78, 5) is 15.1. The van der Waals surface area contributed by atoms with E-state index in [1.54, 1.807) is 0 Å². The van der Waals surface area contributed by atoms with Crippen molar-refractivity contribution in [2.45, 2.75) is 19.4 Å². The van der Waals surface area contributed by atoms with Gasteiger partial charge in [0.2, 0.25) is 5.91 Å². The number of aromatic amines is 1. The van der Waals surface area contributed by atoms with E-state index in [-0.39, 0.29) is 5.91 Å². The molecule has 0 aliphatic heterocycles. The van der Waals surface area contributed by atoms with Crippen molar-refractivity contribution in [1.29, 1.82) is 0 Å². The van der Waals surface area contributed by atoms with Crippen LogP contribution in [0.2, 0.25) is 0 Å². The molecule has 0 aliphatic carbocycles. The van der Waals surface area contributed by atoms with Crippen molar-refractivity contribution in [2.24, 2.45) is 5.73 Å². The van der Waals surface area contributed by atoms with Crippen molar-refractivity contribution in [2.75, 3.05) is 19.8 Å². The number of carbonyl (C=O) groups is 1. The Kier molecular flexibility index (Phi) is 5.15. The van der Waals surface area contributed by atoms with E-state index in [9.17, 15) is 4.79 Å². The predicted molar refractivity (Wildman–Crippen MR) is 79.5 cm³/mol. The number of hydrogen-bond acceptors (Lipinski definition) is 3. The third-order valence-electron chi connectivity index (χ3n) is 3.20. The number of rotatable bonds is 7. The summed E-state index contributed by atoms with van der Waals surface area (Å²) in [6.45, 7) is 3.58. The van der Waals surface area contributed by atoms with Gasteiger partial charge in [0.15, 0.2) is 0 Å². The summed E-state index contributed by atoms with van der Waals surface area (Å²) in [5.41, 5.74) is 8.07. The molecule has 1 aromatic heterocycles. The fraction of sp³-hybridized carbons (Fsp3) is 0.400. The van der Waals surface area contributed by atoms with E-state index in [1.807, 2.05) is 37.4 Å². The van der Waals surface area contributed by atoms with Crippen molar-refractivity contribution >= 4 is 16.8 Å². The quantitative estimate of drug-likeness (QED) is 0.664. The van der Waals surface area contributed by atoms with Crippen molar-refractivity contribution in [3.8, 4) is 0 Å². The van der Waals surface area contributed by atoms with Crippen LogP contribution in [0.4, 0.5) is 0 Å². The summed E-state index contributed by atoms with van der Waals surface area (Å²) in [6, 6.07) is 7.44. The molecule has 2 aromatic rings. The third kappa shape index (κ3) is 3.59. The Morgan fingerprint density at radius 2 is 2.25 bits per heavy atom. The van der Waals surface area contributed by atoms with Gasteiger partial charge in [-0.15, -0.1) is 0 Å². The van der Waals surface area contributed by atoms with Crippen molar-refractivity contribution in [3.63, 3.8) is 0 Å². The van der Waals surface area contributed by atoms with E-state index in [0.29, 0.717) is 26.2 Å². The van der Waals surface area contributed by atoms with Crippen LogP contribution in [0.25, 0.3) is 10.9 Å². The molecule has 108 valence electrons. The summed E-state index contributed by atoms with van der Waals surface area (Å²) in [5.74, 6) is -0.144. The molecule has 20 heavy (non-hydrogen) atoms. The molecule has 0 saturated heterocycles. The Bertz CT molecular complexity index is 565. The predicted octanol–water partition coefficient (Wildman–Crippen LogP) is 1.19. The van der Waals surface area contributed by atoms with Gasteiger partial charge in [0.25, 0.3) is 0 Å². The molecule has 4 N–H and O–H groups in total. The molecule has 0 unspecified atom stereocenters. The van der Waals surface area contributed by atoms with Crippen LogP contribution in [0, 0.1) is 0 Å². The topological polar surface area (TPSA) is 80.1 Å². The van der Waals surface area contributed by atoms with Gasteiger partial charge >= 0.3 is 0 Å². The molecule has 0 radical (unpaired) electrons. The second kappa shape index (κ2) is 7.07. The minimum atomic E-state index is -0.546. The number of benzene rings is 1. The zero-order chi connectivity index (χ0) is 14.4. The lowest BCUT2D eigenvalue weighted by Crippen LogP contribution is -2.43. The third-order valence-corrected chi connectivity index (χ3v) is 3.20. The van der Waals surface area contributed by atoms with Gasteiger partial charge in [-0.2, -0.15) is 0 Å². The number of para-hydroxylation sites is 1. The fourth-order valence-electron chi connectivity index (χ4n) is 2.15. The maximum atomic E-state index is 11.9. The zero-order valence-electron chi connectivity index (χ0n) is 11.7. The van der Waals surface area contributed by atoms with Crippen LogP contribution in [0.15, 0.2) is 30.5 Å². The van der Waals surface area contributed by atoms with E-state index in [0.717, 1.165) is 16.5 Å². The van der Waals surface area contributed by atoms with E-state index in [1.165, 1.54) is 0 Å². The molecule has 1 amide bonds. The second-order valence-corrected chi connectivity index (χ2v) is 4.66. The van der Waals surface area contributed by atoms with Gasteiger partial charge in [-0.25, -0.2) is 0 Å². The first kappa shape index (κ1) is 14.6. The summed E-state index contributed by atoms with van der Waals surface area (Å²) in [5, 5.41) is 3.89. The van der Waals surface area contributed by atoms with E-state index >= 15 is 0 Å². The standard InChI is InChI=1S/C15H21N3O2/c1-2-20-8-7-17-15(19)13(16)9-11-10-18-14-6-4-3-5-12(11)14/h3-6,10,13,18H,2,7-9,16H2,1H3,(H,17,19)/t13-/m0/s1. The number of hydrogen-bond donors (Lipinski definition) is 3. The van der Waals surface area contributed by atoms with Crippen LogP contribution in [0.1, 0.15) is 12.5 Å². The molecule has 5 nitrogen and oxygen atoms in total. The van der Waals surface area contributed by atoms with Crippen LogP contribution < -0.4 is 11.1 Å². The Labute approximate surface area is 118 Å². The molecular formula is C15H21N3O2. The molecular weight excluding hydrogens is 254 g/mol. The summed E-state index contributed by atoms with van der Waals surface area (Å²) in [6.07, 6.45) is 2.43. The lowest BCUT2D eigenvalue weighted by atomic mass is 10.1. The molecule has 0 saturated carbocycles. The number of carbonyl (C=O) groups excluding carboxylic acids is 1. The summed E-state index contributed by atoms with van der Waals surface area (Å²) >= 11 is 0. The van der Waals surface area contributed by atoms with Gasteiger partial charge in [0.1, 0.15) is 0 Å². The highest BCUT2D eigenvalue weighted by molar-refractivity contribution is 5.86. The molecule has 1 aromatic carbocycles. The van der Waals surface area contributed by atoms with Gasteiger partial charge in [0.05, 0.1) is 12.6 Å². The highest BCUT2D eigenvalue weighted by atomic mass is 16.5. The number of nitrogens with two attached hydrogens (primary N) is 1. The first-order chi connectivity index (χ1) is 9.72. The lowest BCUT2D eigenvalue weighted by molar-refractivity contribution is -0.122. The molecule has 0 bridgehead atoms.